The lowest BCUT2D eigenvalue weighted by Gasteiger charge is -2.18. The molecule has 0 aliphatic carbocycles. The van der Waals surface area contributed by atoms with Gasteiger partial charge in [0.15, 0.2) is 11.5 Å². The zero-order valence-electron chi connectivity index (χ0n) is 14.0. The van der Waals surface area contributed by atoms with Crippen LogP contribution in [0.5, 0.6) is 11.5 Å². The average molecular weight is 351 g/mol. The van der Waals surface area contributed by atoms with E-state index in [1.54, 1.807) is 18.2 Å². The number of ether oxygens (including phenoxy) is 2. The van der Waals surface area contributed by atoms with Crippen LogP contribution in [0, 0.1) is 0 Å². The minimum atomic E-state index is -0.138. The number of rotatable bonds is 5. The molecule has 0 saturated heterocycles. The van der Waals surface area contributed by atoms with Crippen molar-refractivity contribution < 1.29 is 18.7 Å². The van der Waals surface area contributed by atoms with Crippen LogP contribution in [0.2, 0.25) is 0 Å². The van der Waals surface area contributed by atoms with E-state index in [0.717, 1.165) is 5.56 Å². The predicted molar refractivity (Wildman–Crippen MR) is 94.1 cm³/mol. The SMILES string of the molecule is O=C(CCc1nnc(-c2ccccc2)o1)Nc1ccc2c(c1)OCCO2. The quantitative estimate of drug-likeness (QED) is 0.760. The van der Waals surface area contributed by atoms with Crippen LogP contribution in [0.1, 0.15) is 12.3 Å². The molecule has 0 radical (unpaired) electrons. The van der Waals surface area contributed by atoms with Crippen molar-refractivity contribution in [3.8, 4) is 23.0 Å². The largest absolute Gasteiger partial charge is 0.486 e. The smallest absolute Gasteiger partial charge is 0.247 e. The van der Waals surface area contributed by atoms with Crippen LogP contribution in [-0.4, -0.2) is 29.3 Å². The van der Waals surface area contributed by atoms with Crippen molar-refractivity contribution in [2.24, 2.45) is 0 Å². The molecule has 1 aliphatic rings. The number of aromatic nitrogens is 2. The van der Waals surface area contributed by atoms with Gasteiger partial charge in [-0.15, -0.1) is 10.2 Å². The Morgan fingerprint density at radius 3 is 2.65 bits per heavy atom. The number of carbonyl (C=O) groups is 1. The number of benzene rings is 2. The highest BCUT2D eigenvalue weighted by Crippen LogP contribution is 2.32. The van der Waals surface area contributed by atoms with Crippen LogP contribution in [0.4, 0.5) is 5.69 Å². The highest BCUT2D eigenvalue weighted by molar-refractivity contribution is 5.91. The molecule has 0 spiro atoms. The summed E-state index contributed by atoms with van der Waals surface area (Å²) in [6.45, 7) is 1.04. The van der Waals surface area contributed by atoms with Crippen LogP contribution >= 0.6 is 0 Å². The summed E-state index contributed by atoms with van der Waals surface area (Å²) in [5, 5.41) is 10.9. The van der Waals surface area contributed by atoms with Gasteiger partial charge in [0.25, 0.3) is 0 Å². The van der Waals surface area contributed by atoms with Crippen LogP contribution in [-0.2, 0) is 11.2 Å². The molecule has 3 aromatic rings. The van der Waals surface area contributed by atoms with Gasteiger partial charge in [0.2, 0.25) is 17.7 Å². The minimum Gasteiger partial charge on any atom is -0.486 e. The molecule has 0 saturated carbocycles. The topological polar surface area (TPSA) is 86.5 Å². The van der Waals surface area contributed by atoms with E-state index in [1.165, 1.54) is 0 Å². The van der Waals surface area contributed by atoms with E-state index in [9.17, 15) is 4.79 Å². The van der Waals surface area contributed by atoms with E-state index in [-0.39, 0.29) is 12.3 Å². The lowest BCUT2D eigenvalue weighted by atomic mass is 10.2. The molecule has 26 heavy (non-hydrogen) atoms. The van der Waals surface area contributed by atoms with Gasteiger partial charge in [-0.1, -0.05) is 18.2 Å². The number of aryl methyl sites for hydroxylation is 1. The number of hydrogen-bond acceptors (Lipinski definition) is 6. The maximum Gasteiger partial charge on any atom is 0.247 e. The Hall–Kier alpha value is -3.35. The van der Waals surface area contributed by atoms with Crippen molar-refractivity contribution in [3.63, 3.8) is 0 Å². The molecular weight excluding hydrogens is 334 g/mol. The van der Waals surface area contributed by atoms with Gasteiger partial charge in [-0.2, -0.15) is 0 Å². The maximum absolute atomic E-state index is 12.2. The number of nitrogens with zero attached hydrogens (tertiary/aromatic N) is 2. The Kier molecular flexibility index (Phi) is 4.51. The summed E-state index contributed by atoms with van der Waals surface area (Å²) < 4.78 is 16.6. The summed E-state index contributed by atoms with van der Waals surface area (Å²) in [7, 11) is 0. The van der Waals surface area contributed by atoms with Gasteiger partial charge in [-0.25, -0.2) is 0 Å². The van der Waals surface area contributed by atoms with Crippen LogP contribution in [0.3, 0.4) is 0 Å². The number of hydrogen-bond donors (Lipinski definition) is 1. The first kappa shape index (κ1) is 16.1. The Morgan fingerprint density at radius 1 is 1.00 bits per heavy atom. The van der Waals surface area contributed by atoms with Crippen molar-refractivity contribution in [2.45, 2.75) is 12.8 Å². The fraction of sp³-hybridized carbons (Fsp3) is 0.211. The maximum atomic E-state index is 12.2. The van der Waals surface area contributed by atoms with Gasteiger partial charge >= 0.3 is 0 Å². The number of amides is 1. The van der Waals surface area contributed by atoms with E-state index in [0.29, 0.717) is 48.6 Å². The van der Waals surface area contributed by atoms with Gasteiger partial charge in [0.1, 0.15) is 13.2 Å². The third kappa shape index (κ3) is 3.66. The predicted octanol–water partition coefficient (Wildman–Crippen LogP) is 3.08. The van der Waals surface area contributed by atoms with Crippen LogP contribution in [0.25, 0.3) is 11.5 Å². The first-order valence-electron chi connectivity index (χ1n) is 8.35. The molecule has 1 aliphatic heterocycles. The zero-order valence-corrected chi connectivity index (χ0v) is 14.0. The molecule has 4 rings (SSSR count). The molecule has 2 heterocycles. The fourth-order valence-electron chi connectivity index (χ4n) is 2.62. The van der Waals surface area contributed by atoms with Gasteiger partial charge in [0, 0.05) is 30.2 Å². The van der Waals surface area contributed by atoms with E-state index >= 15 is 0 Å². The first-order valence-corrected chi connectivity index (χ1v) is 8.35. The zero-order chi connectivity index (χ0) is 17.8. The Balaban J connectivity index is 1.34. The summed E-state index contributed by atoms with van der Waals surface area (Å²) in [5.41, 5.74) is 1.52. The fourth-order valence-corrected chi connectivity index (χ4v) is 2.62. The Bertz CT molecular complexity index is 908. The number of nitrogens with one attached hydrogen (secondary N) is 1. The molecule has 1 N–H and O–H groups in total. The van der Waals surface area contributed by atoms with Gasteiger partial charge < -0.3 is 19.2 Å². The van der Waals surface area contributed by atoms with Crippen LogP contribution < -0.4 is 14.8 Å². The molecule has 0 bridgehead atoms. The summed E-state index contributed by atoms with van der Waals surface area (Å²) in [5.74, 6) is 2.07. The normalized spacial score (nSPS) is 12.6. The summed E-state index contributed by atoms with van der Waals surface area (Å²) in [6, 6.07) is 14.8. The first-order chi connectivity index (χ1) is 12.8. The molecule has 132 valence electrons. The molecule has 2 aromatic carbocycles. The highest BCUT2D eigenvalue weighted by atomic mass is 16.6. The van der Waals surface area contributed by atoms with E-state index < -0.39 is 0 Å². The molecule has 0 fully saturated rings. The van der Waals surface area contributed by atoms with Crippen molar-refractivity contribution >= 4 is 11.6 Å². The second-order valence-corrected chi connectivity index (χ2v) is 5.77. The third-order valence-corrected chi connectivity index (χ3v) is 3.88. The summed E-state index contributed by atoms with van der Waals surface area (Å²) in [4.78, 5) is 12.2. The molecule has 1 amide bonds. The van der Waals surface area contributed by atoms with E-state index in [2.05, 4.69) is 15.5 Å². The lowest BCUT2D eigenvalue weighted by Crippen LogP contribution is -2.16. The summed E-state index contributed by atoms with van der Waals surface area (Å²) in [6.07, 6.45) is 0.612. The molecule has 0 atom stereocenters. The number of fused-ring (bicyclic) bond motifs is 1. The highest BCUT2D eigenvalue weighted by Gasteiger charge is 2.14. The van der Waals surface area contributed by atoms with E-state index in [4.69, 9.17) is 13.9 Å². The Labute approximate surface area is 150 Å². The number of carbonyl (C=O) groups excluding carboxylic acids is 1. The van der Waals surface area contributed by atoms with Crippen molar-refractivity contribution in [1.82, 2.24) is 10.2 Å². The molecule has 1 aromatic heterocycles. The van der Waals surface area contributed by atoms with Crippen molar-refractivity contribution in [3.05, 3.63) is 54.4 Å². The summed E-state index contributed by atoms with van der Waals surface area (Å²) >= 11 is 0. The minimum absolute atomic E-state index is 0.138. The third-order valence-electron chi connectivity index (χ3n) is 3.88. The molecular formula is C19H17N3O4. The lowest BCUT2D eigenvalue weighted by molar-refractivity contribution is -0.116. The van der Waals surface area contributed by atoms with Crippen molar-refractivity contribution in [1.29, 1.82) is 0 Å². The van der Waals surface area contributed by atoms with Gasteiger partial charge in [0.05, 0.1) is 0 Å². The average Bonchev–Trinajstić information content (AvgIpc) is 3.16. The monoisotopic (exact) mass is 351 g/mol. The second kappa shape index (κ2) is 7.26. The molecule has 7 nitrogen and oxygen atoms in total. The van der Waals surface area contributed by atoms with Gasteiger partial charge in [-0.05, 0) is 24.3 Å². The molecule has 7 heteroatoms. The second-order valence-electron chi connectivity index (χ2n) is 5.77. The number of anilines is 1. The van der Waals surface area contributed by atoms with E-state index in [1.807, 2.05) is 30.3 Å². The molecule has 0 unspecified atom stereocenters. The standard InChI is InChI=1S/C19H17N3O4/c23-17(20-14-6-7-15-16(12-14)25-11-10-24-15)8-9-18-21-22-19(26-18)13-4-2-1-3-5-13/h1-7,12H,8-11H2,(H,20,23). The van der Waals surface area contributed by atoms with Crippen LogP contribution in [0.15, 0.2) is 52.9 Å². The van der Waals surface area contributed by atoms with Gasteiger partial charge in [-0.3, -0.25) is 4.79 Å². The van der Waals surface area contributed by atoms with Crippen molar-refractivity contribution in [2.75, 3.05) is 18.5 Å². The Morgan fingerprint density at radius 2 is 1.81 bits per heavy atom.